The van der Waals surface area contributed by atoms with Crippen LogP contribution in [0.3, 0.4) is 0 Å². The Hall–Kier alpha value is -0.880. The second kappa shape index (κ2) is 6.26. The Kier molecular flexibility index (Phi) is 5.38. The van der Waals surface area contributed by atoms with Gasteiger partial charge >= 0.3 is 0 Å². The molecule has 116 valence electrons. The van der Waals surface area contributed by atoms with Crippen molar-refractivity contribution < 1.29 is 8.42 Å². The SMILES string of the molecule is CCC(Cn1ccnc1C)CC(C)(C)N(C)S(C)(=O)=O. The summed E-state index contributed by atoms with van der Waals surface area (Å²) in [7, 11) is -1.51. The maximum Gasteiger partial charge on any atom is 0.211 e. The molecule has 1 heterocycles. The van der Waals surface area contributed by atoms with Crippen molar-refractivity contribution >= 4 is 10.0 Å². The summed E-state index contributed by atoms with van der Waals surface area (Å²) in [5.74, 6) is 1.42. The van der Waals surface area contributed by atoms with Gasteiger partial charge < -0.3 is 4.57 Å². The fourth-order valence-corrected chi connectivity index (χ4v) is 3.47. The monoisotopic (exact) mass is 301 g/mol. The third-order valence-corrected chi connectivity index (χ3v) is 5.58. The number of imidazole rings is 1. The van der Waals surface area contributed by atoms with E-state index in [1.165, 1.54) is 10.6 Å². The van der Waals surface area contributed by atoms with E-state index in [2.05, 4.69) is 16.5 Å². The standard InChI is InChI=1S/C14H27N3O2S/c1-7-13(11-17-9-8-15-12(17)2)10-14(3,4)16(5)20(6,18)19/h8-9,13H,7,10-11H2,1-6H3. The highest BCUT2D eigenvalue weighted by molar-refractivity contribution is 7.88. The van der Waals surface area contributed by atoms with Crippen LogP contribution in [0.5, 0.6) is 0 Å². The molecule has 1 atom stereocenters. The van der Waals surface area contributed by atoms with Crippen molar-refractivity contribution in [3.63, 3.8) is 0 Å². The van der Waals surface area contributed by atoms with Gasteiger partial charge in [-0.1, -0.05) is 13.3 Å². The van der Waals surface area contributed by atoms with Gasteiger partial charge in [-0.25, -0.2) is 13.4 Å². The topological polar surface area (TPSA) is 55.2 Å². The fourth-order valence-electron chi connectivity index (χ4n) is 2.50. The van der Waals surface area contributed by atoms with E-state index in [4.69, 9.17) is 0 Å². The normalized spacial score (nSPS) is 14.8. The van der Waals surface area contributed by atoms with Gasteiger partial charge in [0.1, 0.15) is 5.82 Å². The van der Waals surface area contributed by atoms with Crippen molar-refractivity contribution in [1.82, 2.24) is 13.9 Å². The van der Waals surface area contributed by atoms with E-state index < -0.39 is 10.0 Å². The molecule has 20 heavy (non-hydrogen) atoms. The van der Waals surface area contributed by atoms with Crippen LogP contribution in [0, 0.1) is 12.8 Å². The first-order chi connectivity index (χ1) is 9.08. The molecule has 0 N–H and O–H groups in total. The van der Waals surface area contributed by atoms with Gasteiger partial charge in [-0.05, 0) is 33.1 Å². The number of nitrogens with zero attached hydrogens (tertiary/aromatic N) is 3. The van der Waals surface area contributed by atoms with Gasteiger partial charge in [-0.3, -0.25) is 0 Å². The molecule has 6 heteroatoms. The first-order valence-corrected chi connectivity index (χ1v) is 8.84. The van der Waals surface area contributed by atoms with Crippen molar-refractivity contribution in [3.05, 3.63) is 18.2 Å². The lowest BCUT2D eigenvalue weighted by molar-refractivity contribution is 0.198. The first-order valence-electron chi connectivity index (χ1n) is 6.99. The van der Waals surface area contributed by atoms with Crippen LogP contribution in [0.1, 0.15) is 39.4 Å². The van der Waals surface area contributed by atoms with Crippen LogP contribution in [0.4, 0.5) is 0 Å². The highest BCUT2D eigenvalue weighted by atomic mass is 32.2. The van der Waals surface area contributed by atoms with E-state index in [-0.39, 0.29) is 5.54 Å². The molecular weight excluding hydrogens is 274 g/mol. The summed E-state index contributed by atoms with van der Waals surface area (Å²) in [4.78, 5) is 4.23. The molecule has 0 spiro atoms. The summed E-state index contributed by atoms with van der Waals surface area (Å²) < 4.78 is 27.1. The van der Waals surface area contributed by atoms with Crippen LogP contribution >= 0.6 is 0 Å². The van der Waals surface area contributed by atoms with Crippen molar-refractivity contribution in [1.29, 1.82) is 0 Å². The molecule has 0 fully saturated rings. The minimum Gasteiger partial charge on any atom is -0.335 e. The van der Waals surface area contributed by atoms with E-state index in [0.717, 1.165) is 25.2 Å². The maximum absolute atomic E-state index is 11.7. The Labute approximate surface area is 123 Å². The van der Waals surface area contributed by atoms with Crippen LogP contribution in [0.25, 0.3) is 0 Å². The summed E-state index contributed by atoms with van der Waals surface area (Å²) in [5.41, 5.74) is -0.386. The van der Waals surface area contributed by atoms with Crippen molar-refractivity contribution in [2.45, 2.75) is 52.6 Å². The molecule has 1 rings (SSSR count). The van der Waals surface area contributed by atoms with Crippen molar-refractivity contribution in [2.75, 3.05) is 13.3 Å². The molecule has 1 aromatic heterocycles. The summed E-state index contributed by atoms with van der Waals surface area (Å²) >= 11 is 0. The Morgan fingerprint density at radius 2 is 2.05 bits per heavy atom. The number of hydrogen-bond donors (Lipinski definition) is 0. The molecule has 1 aromatic rings. The van der Waals surface area contributed by atoms with E-state index in [0.29, 0.717) is 5.92 Å². The average Bonchev–Trinajstić information content (AvgIpc) is 2.71. The van der Waals surface area contributed by atoms with Gasteiger partial charge in [-0.2, -0.15) is 4.31 Å². The van der Waals surface area contributed by atoms with Gasteiger partial charge in [0.2, 0.25) is 10.0 Å². The average molecular weight is 301 g/mol. The molecule has 0 aromatic carbocycles. The lowest BCUT2D eigenvalue weighted by atomic mass is 9.89. The van der Waals surface area contributed by atoms with Crippen LogP contribution in [0.15, 0.2) is 12.4 Å². The maximum atomic E-state index is 11.7. The van der Waals surface area contributed by atoms with E-state index in [1.807, 2.05) is 27.0 Å². The van der Waals surface area contributed by atoms with Crippen LogP contribution in [-0.4, -0.2) is 41.1 Å². The molecule has 0 aliphatic carbocycles. The molecule has 0 aliphatic heterocycles. The Morgan fingerprint density at radius 3 is 2.45 bits per heavy atom. The largest absolute Gasteiger partial charge is 0.335 e. The predicted octanol–water partition coefficient (Wildman–Crippen LogP) is 2.28. The number of aromatic nitrogens is 2. The van der Waals surface area contributed by atoms with Crippen LogP contribution < -0.4 is 0 Å². The zero-order valence-electron chi connectivity index (χ0n) is 13.4. The smallest absolute Gasteiger partial charge is 0.211 e. The zero-order chi connectivity index (χ0) is 15.6. The van der Waals surface area contributed by atoms with E-state index in [9.17, 15) is 8.42 Å². The highest BCUT2D eigenvalue weighted by Gasteiger charge is 2.32. The second-order valence-corrected chi connectivity index (χ2v) is 8.16. The number of aryl methyl sites for hydroxylation is 1. The third-order valence-electron chi connectivity index (χ3n) is 4.09. The lowest BCUT2D eigenvalue weighted by Crippen LogP contribution is -2.46. The number of sulfonamides is 1. The minimum absolute atomic E-state index is 0.386. The Bertz CT molecular complexity index is 534. The Balaban J connectivity index is 2.80. The van der Waals surface area contributed by atoms with Gasteiger partial charge in [0.15, 0.2) is 0 Å². The van der Waals surface area contributed by atoms with Crippen LogP contribution in [0.2, 0.25) is 0 Å². The van der Waals surface area contributed by atoms with Crippen molar-refractivity contribution in [3.8, 4) is 0 Å². The number of rotatable bonds is 7. The van der Waals surface area contributed by atoms with Gasteiger partial charge in [0, 0.05) is 31.5 Å². The lowest BCUT2D eigenvalue weighted by Gasteiger charge is -2.36. The minimum atomic E-state index is -3.17. The molecule has 0 bridgehead atoms. The zero-order valence-corrected chi connectivity index (χ0v) is 14.2. The molecule has 0 radical (unpaired) electrons. The third kappa shape index (κ3) is 4.31. The van der Waals surface area contributed by atoms with Crippen molar-refractivity contribution in [2.24, 2.45) is 5.92 Å². The molecule has 0 saturated carbocycles. The Morgan fingerprint density at radius 1 is 1.45 bits per heavy atom. The highest BCUT2D eigenvalue weighted by Crippen LogP contribution is 2.27. The van der Waals surface area contributed by atoms with E-state index >= 15 is 0 Å². The quantitative estimate of drug-likeness (QED) is 0.776. The van der Waals surface area contributed by atoms with Gasteiger partial charge in [0.25, 0.3) is 0 Å². The van der Waals surface area contributed by atoms with Crippen LogP contribution in [-0.2, 0) is 16.6 Å². The predicted molar refractivity (Wildman–Crippen MR) is 82.0 cm³/mol. The molecule has 0 aliphatic rings. The summed E-state index contributed by atoms with van der Waals surface area (Å²) in [6.07, 6.45) is 6.88. The summed E-state index contributed by atoms with van der Waals surface area (Å²) in [5, 5.41) is 0. The van der Waals surface area contributed by atoms with Gasteiger partial charge in [-0.15, -0.1) is 0 Å². The van der Waals surface area contributed by atoms with Gasteiger partial charge in [0.05, 0.1) is 6.26 Å². The molecule has 5 nitrogen and oxygen atoms in total. The summed E-state index contributed by atoms with van der Waals surface area (Å²) in [6.45, 7) is 8.98. The molecule has 0 amide bonds. The second-order valence-electron chi connectivity index (χ2n) is 6.15. The fraction of sp³-hybridized carbons (Fsp3) is 0.786. The first kappa shape index (κ1) is 17.2. The van der Waals surface area contributed by atoms with E-state index in [1.54, 1.807) is 13.2 Å². The number of hydrogen-bond acceptors (Lipinski definition) is 3. The summed E-state index contributed by atoms with van der Waals surface area (Å²) in [6, 6.07) is 0. The molecule has 1 unspecified atom stereocenters. The molecular formula is C14H27N3O2S. The molecule has 0 saturated heterocycles.